The first-order chi connectivity index (χ1) is 14.6. The molecular weight excluding hydrogens is 378 g/mol. The zero-order valence-corrected chi connectivity index (χ0v) is 17.7. The molecule has 0 radical (unpaired) electrons. The van der Waals surface area contributed by atoms with Crippen LogP contribution < -0.4 is 20.7 Å². The van der Waals surface area contributed by atoms with Gasteiger partial charge in [-0.05, 0) is 38.3 Å². The number of nitrogens with zero attached hydrogens (tertiary/aromatic N) is 3. The van der Waals surface area contributed by atoms with E-state index < -0.39 is 0 Å². The first kappa shape index (κ1) is 20.2. The van der Waals surface area contributed by atoms with Crippen molar-refractivity contribution >= 4 is 28.5 Å². The van der Waals surface area contributed by atoms with Gasteiger partial charge in [0.25, 0.3) is 0 Å². The highest BCUT2D eigenvalue weighted by Crippen LogP contribution is 2.29. The highest BCUT2D eigenvalue weighted by Gasteiger charge is 2.26. The molecule has 0 spiro atoms. The van der Waals surface area contributed by atoms with Crippen molar-refractivity contribution in [3.05, 3.63) is 42.6 Å². The molecule has 0 amide bonds. The van der Waals surface area contributed by atoms with Crippen LogP contribution in [0.3, 0.4) is 0 Å². The molecule has 1 saturated heterocycles. The molecule has 8 heteroatoms. The number of hydrogen-bond donors (Lipinski definition) is 4. The van der Waals surface area contributed by atoms with Crippen molar-refractivity contribution in [3.63, 3.8) is 0 Å². The van der Waals surface area contributed by atoms with Gasteiger partial charge in [0.1, 0.15) is 11.6 Å². The van der Waals surface area contributed by atoms with Crippen LogP contribution in [0.25, 0.3) is 10.9 Å². The molecule has 30 heavy (non-hydrogen) atoms. The van der Waals surface area contributed by atoms with E-state index in [4.69, 9.17) is 14.7 Å². The maximum atomic E-state index is 5.39. The Balaban J connectivity index is 1.67. The summed E-state index contributed by atoms with van der Waals surface area (Å²) in [5, 5.41) is 18.6. The molecule has 1 aliphatic heterocycles. The second-order valence-corrected chi connectivity index (χ2v) is 7.77. The van der Waals surface area contributed by atoms with Gasteiger partial charge in [-0.25, -0.2) is 4.98 Å². The Morgan fingerprint density at radius 3 is 2.83 bits per heavy atom. The Kier molecular flexibility index (Phi) is 5.85. The Labute approximate surface area is 176 Å². The summed E-state index contributed by atoms with van der Waals surface area (Å²) < 4.78 is 5.39. The number of nitrogens with one attached hydrogen (secondary N) is 4. The number of benzene rings is 1. The monoisotopic (exact) mass is 407 g/mol. The highest BCUT2D eigenvalue weighted by atomic mass is 16.5. The van der Waals surface area contributed by atoms with E-state index in [1.807, 2.05) is 37.3 Å². The van der Waals surface area contributed by atoms with Crippen LogP contribution in [-0.4, -0.2) is 45.4 Å². The van der Waals surface area contributed by atoms with Gasteiger partial charge < -0.3 is 20.7 Å². The molecule has 2 aromatic heterocycles. The normalized spacial score (nSPS) is 21.4. The summed E-state index contributed by atoms with van der Waals surface area (Å²) in [6.07, 6.45) is 5.02. The molecule has 0 saturated carbocycles. The minimum absolute atomic E-state index is 0.266. The Morgan fingerprint density at radius 1 is 1.27 bits per heavy atom. The van der Waals surface area contributed by atoms with E-state index in [0.29, 0.717) is 23.6 Å². The standard InChI is InChI=1S/C22H29N7O/c1-5-14-10-16(11-15(6-2)23-14)24-22-25-19-12-17(30-4)7-8-18(19)21(27-22)26-20-9-13(3)28-29-20/h5,7-9,12,14-16,23H,1,6,10-11H2,2-4H3,(H3,24,25,26,27,28,29). The number of methoxy groups -OCH3 is 1. The first-order valence-electron chi connectivity index (χ1n) is 10.4. The molecule has 3 unspecified atom stereocenters. The lowest BCUT2D eigenvalue weighted by Crippen LogP contribution is -2.48. The van der Waals surface area contributed by atoms with Crippen molar-refractivity contribution in [1.29, 1.82) is 0 Å². The summed E-state index contributed by atoms with van der Waals surface area (Å²) in [6, 6.07) is 8.74. The fourth-order valence-electron chi connectivity index (χ4n) is 3.93. The van der Waals surface area contributed by atoms with E-state index in [-0.39, 0.29) is 12.1 Å². The van der Waals surface area contributed by atoms with Crippen LogP contribution >= 0.6 is 0 Å². The fourth-order valence-corrected chi connectivity index (χ4v) is 3.93. The third kappa shape index (κ3) is 4.38. The topological polar surface area (TPSA) is 99.8 Å². The van der Waals surface area contributed by atoms with Crippen LogP contribution in [0, 0.1) is 6.92 Å². The van der Waals surface area contributed by atoms with Gasteiger partial charge >= 0.3 is 0 Å². The van der Waals surface area contributed by atoms with E-state index >= 15 is 0 Å². The van der Waals surface area contributed by atoms with Crippen molar-refractivity contribution in [3.8, 4) is 5.75 Å². The van der Waals surface area contributed by atoms with E-state index in [2.05, 4.69) is 39.7 Å². The van der Waals surface area contributed by atoms with Gasteiger partial charge in [0.15, 0.2) is 5.82 Å². The summed E-state index contributed by atoms with van der Waals surface area (Å²) in [4.78, 5) is 9.55. The van der Waals surface area contributed by atoms with Gasteiger partial charge in [-0.3, -0.25) is 5.10 Å². The van der Waals surface area contributed by atoms with Gasteiger partial charge in [-0.2, -0.15) is 10.1 Å². The summed E-state index contributed by atoms with van der Waals surface area (Å²) in [7, 11) is 1.66. The predicted octanol–water partition coefficient (Wildman–Crippen LogP) is 3.91. The van der Waals surface area contributed by atoms with Crippen molar-refractivity contribution in [2.45, 2.75) is 51.2 Å². The molecule has 8 nitrogen and oxygen atoms in total. The number of ether oxygens (including phenoxy) is 1. The highest BCUT2D eigenvalue weighted by molar-refractivity contribution is 5.92. The van der Waals surface area contributed by atoms with Gasteiger partial charge in [0.05, 0.1) is 12.6 Å². The number of hydrogen-bond acceptors (Lipinski definition) is 7. The van der Waals surface area contributed by atoms with E-state index in [0.717, 1.165) is 41.6 Å². The van der Waals surface area contributed by atoms with Crippen molar-refractivity contribution in [2.75, 3.05) is 17.7 Å². The van der Waals surface area contributed by atoms with Gasteiger partial charge in [-0.1, -0.05) is 13.0 Å². The van der Waals surface area contributed by atoms with Crippen LogP contribution in [0.2, 0.25) is 0 Å². The zero-order chi connectivity index (χ0) is 21.1. The number of anilines is 3. The lowest BCUT2D eigenvalue weighted by molar-refractivity contribution is 0.326. The average molecular weight is 408 g/mol. The molecular formula is C22H29N7O. The Morgan fingerprint density at radius 2 is 2.13 bits per heavy atom. The molecule has 3 aromatic rings. The van der Waals surface area contributed by atoms with E-state index in [9.17, 15) is 0 Å². The smallest absolute Gasteiger partial charge is 0.225 e. The van der Waals surface area contributed by atoms with Crippen molar-refractivity contribution in [2.24, 2.45) is 0 Å². The maximum Gasteiger partial charge on any atom is 0.225 e. The summed E-state index contributed by atoms with van der Waals surface area (Å²) >= 11 is 0. The number of piperidine rings is 1. The number of aromatic nitrogens is 4. The van der Waals surface area contributed by atoms with Gasteiger partial charge in [-0.15, -0.1) is 6.58 Å². The second kappa shape index (κ2) is 8.71. The first-order valence-corrected chi connectivity index (χ1v) is 10.4. The van der Waals surface area contributed by atoms with Crippen LogP contribution in [0.4, 0.5) is 17.6 Å². The van der Waals surface area contributed by atoms with E-state index in [1.54, 1.807) is 7.11 Å². The molecule has 1 aromatic carbocycles. The van der Waals surface area contributed by atoms with Crippen LogP contribution in [-0.2, 0) is 0 Å². The Bertz CT molecular complexity index is 1030. The molecule has 0 aliphatic carbocycles. The zero-order valence-electron chi connectivity index (χ0n) is 17.7. The number of rotatable bonds is 7. The minimum Gasteiger partial charge on any atom is -0.497 e. The lowest BCUT2D eigenvalue weighted by atomic mass is 9.92. The molecule has 4 rings (SSSR count). The van der Waals surface area contributed by atoms with Crippen molar-refractivity contribution in [1.82, 2.24) is 25.5 Å². The van der Waals surface area contributed by atoms with Gasteiger partial charge in [0, 0.05) is 41.3 Å². The number of aryl methyl sites for hydroxylation is 1. The van der Waals surface area contributed by atoms with E-state index in [1.165, 1.54) is 0 Å². The third-order valence-electron chi connectivity index (χ3n) is 5.52. The average Bonchev–Trinajstić information content (AvgIpc) is 3.17. The molecule has 0 bridgehead atoms. The molecule has 3 atom stereocenters. The predicted molar refractivity (Wildman–Crippen MR) is 121 cm³/mol. The number of fused-ring (bicyclic) bond motifs is 1. The number of aromatic amines is 1. The third-order valence-corrected chi connectivity index (χ3v) is 5.52. The molecule has 4 N–H and O–H groups in total. The Hall–Kier alpha value is -3.13. The van der Waals surface area contributed by atoms with Crippen LogP contribution in [0.15, 0.2) is 36.9 Å². The summed E-state index contributed by atoms with van der Waals surface area (Å²) in [6.45, 7) is 8.13. The summed E-state index contributed by atoms with van der Waals surface area (Å²) in [5.41, 5.74) is 1.79. The summed E-state index contributed by atoms with van der Waals surface area (Å²) in [5.74, 6) is 2.77. The van der Waals surface area contributed by atoms with Gasteiger partial charge in [0.2, 0.25) is 5.95 Å². The quantitative estimate of drug-likeness (QED) is 0.441. The minimum atomic E-state index is 0.266. The molecule has 1 fully saturated rings. The van der Waals surface area contributed by atoms with Crippen LogP contribution in [0.5, 0.6) is 5.75 Å². The largest absolute Gasteiger partial charge is 0.497 e. The van der Waals surface area contributed by atoms with Crippen molar-refractivity contribution < 1.29 is 4.74 Å². The van der Waals surface area contributed by atoms with Crippen LogP contribution in [0.1, 0.15) is 31.9 Å². The molecule has 3 heterocycles. The second-order valence-electron chi connectivity index (χ2n) is 7.77. The lowest BCUT2D eigenvalue weighted by Gasteiger charge is -2.35. The number of H-pyrrole nitrogens is 1. The molecule has 158 valence electrons. The SMILES string of the molecule is C=CC1CC(Nc2nc(Nc3cc(C)[nH]n3)c3ccc(OC)cc3n2)CC(CC)N1. The maximum absolute atomic E-state index is 5.39. The fraction of sp³-hybridized carbons (Fsp3) is 0.409. The molecule has 1 aliphatic rings.